The zero-order valence-corrected chi connectivity index (χ0v) is 21.6. The fourth-order valence-corrected chi connectivity index (χ4v) is 3.86. The number of imidazole rings is 1. The van der Waals surface area contributed by atoms with Crippen molar-refractivity contribution >= 4 is 24.0 Å². The number of carbonyl (C=O) groups is 1. The first-order valence-electron chi connectivity index (χ1n) is 11.0. The molecule has 1 amide bonds. The van der Waals surface area contributed by atoms with Gasteiger partial charge in [-0.1, -0.05) is 17.3 Å². The van der Waals surface area contributed by atoms with Crippen LogP contribution < -0.4 is 25.0 Å². The largest absolute Gasteiger partial charge is 0.493 e. The topological polar surface area (TPSA) is 138 Å². The lowest BCUT2D eigenvalue weighted by Crippen LogP contribution is -2.44. The number of nitrogens with one attached hydrogen (secondary N) is 1. The molecule has 11 nitrogen and oxygen atoms in total. The predicted octanol–water partition coefficient (Wildman–Crippen LogP) is 3.64. The Morgan fingerprint density at radius 1 is 1.05 bits per heavy atom. The Morgan fingerprint density at radius 2 is 1.78 bits per heavy atom. The number of nitrogens with zero attached hydrogens (tertiary/aromatic N) is 3. The van der Waals surface area contributed by atoms with Crippen molar-refractivity contribution in [2.24, 2.45) is 5.73 Å². The molecule has 2 heterocycles. The van der Waals surface area contributed by atoms with E-state index in [4.69, 9.17) is 29.3 Å². The van der Waals surface area contributed by atoms with Gasteiger partial charge in [0.25, 0.3) is 5.91 Å². The molecule has 4 aromatic rings. The summed E-state index contributed by atoms with van der Waals surface area (Å²) in [6.45, 7) is 0. The highest BCUT2D eigenvalue weighted by atomic mass is 35.5. The number of hydrogen-bond acceptors (Lipinski definition) is 9. The molecule has 0 fully saturated rings. The Bertz CT molecular complexity index is 1300. The summed E-state index contributed by atoms with van der Waals surface area (Å²) in [4.78, 5) is 25.4. The molecule has 0 spiro atoms. The van der Waals surface area contributed by atoms with Crippen LogP contribution >= 0.6 is 12.4 Å². The van der Waals surface area contributed by atoms with Crippen LogP contribution in [0.15, 0.2) is 59.6 Å². The number of amides is 1. The number of ether oxygens (including phenoxy) is 3. The Hall–Kier alpha value is -4.06. The van der Waals surface area contributed by atoms with Crippen LogP contribution in [0, 0.1) is 0 Å². The number of anilines is 1. The smallest absolute Gasteiger partial charge is 0.268 e. The van der Waals surface area contributed by atoms with Gasteiger partial charge in [-0.25, -0.2) is 4.98 Å². The quantitative estimate of drug-likeness (QED) is 0.295. The predicted molar refractivity (Wildman–Crippen MR) is 139 cm³/mol. The van der Waals surface area contributed by atoms with Crippen molar-refractivity contribution in [2.45, 2.75) is 12.5 Å². The van der Waals surface area contributed by atoms with Crippen LogP contribution in [0.3, 0.4) is 0 Å². The van der Waals surface area contributed by atoms with Gasteiger partial charge in [0.15, 0.2) is 17.3 Å². The second-order valence-corrected chi connectivity index (χ2v) is 7.74. The van der Waals surface area contributed by atoms with E-state index in [0.717, 1.165) is 16.3 Å². The van der Waals surface area contributed by atoms with E-state index in [1.165, 1.54) is 20.5 Å². The molecule has 0 saturated carbocycles. The summed E-state index contributed by atoms with van der Waals surface area (Å²) >= 11 is 0. The van der Waals surface area contributed by atoms with Gasteiger partial charge in [-0.2, -0.15) is 5.06 Å². The van der Waals surface area contributed by atoms with E-state index < -0.39 is 11.9 Å². The van der Waals surface area contributed by atoms with Crippen LogP contribution in [-0.4, -0.2) is 55.5 Å². The van der Waals surface area contributed by atoms with Gasteiger partial charge < -0.3 is 29.5 Å². The maximum atomic E-state index is 13.1. The molecule has 0 bridgehead atoms. The van der Waals surface area contributed by atoms with E-state index in [2.05, 4.69) is 15.1 Å². The lowest BCUT2D eigenvalue weighted by atomic mass is 10.0. The van der Waals surface area contributed by atoms with Crippen LogP contribution in [0.4, 0.5) is 5.69 Å². The zero-order chi connectivity index (χ0) is 25.7. The normalized spacial score (nSPS) is 11.4. The lowest BCUT2D eigenvalue weighted by Gasteiger charge is -2.23. The van der Waals surface area contributed by atoms with E-state index >= 15 is 0 Å². The van der Waals surface area contributed by atoms with Crippen molar-refractivity contribution in [1.29, 1.82) is 0 Å². The Morgan fingerprint density at radius 3 is 2.38 bits per heavy atom. The molecular formula is C25H28ClN5O6. The molecule has 0 aliphatic heterocycles. The van der Waals surface area contributed by atoms with Crippen molar-refractivity contribution in [3.05, 3.63) is 60.8 Å². The molecule has 1 atom stereocenters. The average Bonchev–Trinajstić information content (AvgIpc) is 3.60. The van der Waals surface area contributed by atoms with Gasteiger partial charge in [0.1, 0.15) is 0 Å². The number of nitrogens with two attached hydrogens (primary N) is 1. The molecule has 2 aromatic carbocycles. The van der Waals surface area contributed by atoms with Gasteiger partial charge in [-0.15, -0.1) is 12.4 Å². The van der Waals surface area contributed by atoms with Crippen LogP contribution in [0.1, 0.15) is 5.69 Å². The molecule has 0 radical (unpaired) electrons. The standard InChI is InChI=1S/C25H27N5O6.ClH/c1-32-21-9-16(10-22(33-2)24(21)34-3)23-19(13-29-36-23)15-6-5-7-18(8-15)30(35-4)25(31)20(26)11-17-12-27-14-28-17;/h5-10,12-14,20H,11,26H2,1-4H3,(H,27,28);1H. The number of H-pyrrole nitrogens is 1. The average molecular weight is 530 g/mol. The van der Waals surface area contributed by atoms with Gasteiger partial charge in [0.05, 0.1) is 52.7 Å². The summed E-state index contributed by atoms with van der Waals surface area (Å²) in [5, 5.41) is 5.16. The number of aromatic nitrogens is 3. The summed E-state index contributed by atoms with van der Waals surface area (Å²) in [6.07, 6.45) is 5.05. The third-order valence-corrected chi connectivity index (χ3v) is 5.58. The van der Waals surface area contributed by atoms with E-state index in [0.29, 0.717) is 39.8 Å². The van der Waals surface area contributed by atoms with Crippen molar-refractivity contribution in [3.8, 4) is 39.7 Å². The number of hydrogen-bond donors (Lipinski definition) is 2. The minimum absolute atomic E-state index is 0. The summed E-state index contributed by atoms with van der Waals surface area (Å²) in [5.41, 5.74) is 9.51. The second kappa shape index (κ2) is 12.3. The van der Waals surface area contributed by atoms with Crippen molar-refractivity contribution < 1.29 is 28.4 Å². The van der Waals surface area contributed by atoms with Crippen molar-refractivity contribution in [1.82, 2.24) is 15.1 Å². The number of aromatic amines is 1. The minimum Gasteiger partial charge on any atom is -0.493 e. The van der Waals surface area contributed by atoms with Crippen LogP contribution in [0.25, 0.3) is 22.5 Å². The van der Waals surface area contributed by atoms with E-state index in [-0.39, 0.29) is 18.8 Å². The van der Waals surface area contributed by atoms with Crippen LogP contribution in [-0.2, 0) is 16.1 Å². The first-order chi connectivity index (χ1) is 17.5. The number of carbonyl (C=O) groups excluding carboxylic acids is 1. The lowest BCUT2D eigenvalue weighted by molar-refractivity contribution is -0.126. The SMILES string of the molecule is COc1cc(-c2oncc2-c2cccc(N(OC)C(=O)C(N)Cc3cnc[nH]3)c2)cc(OC)c1OC.Cl. The van der Waals surface area contributed by atoms with Crippen molar-refractivity contribution in [2.75, 3.05) is 33.5 Å². The Balaban J connectivity index is 0.00000380. The maximum Gasteiger partial charge on any atom is 0.268 e. The molecule has 12 heteroatoms. The van der Waals surface area contributed by atoms with E-state index in [1.807, 2.05) is 6.07 Å². The highest BCUT2D eigenvalue weighted by Crippen LogP contribution is 2.43. The fourth-order valence-electron chi connectivity index (χ4n) is 3.86. The van der Waals surface area contributed by atoms with Gasteiger partial charge in [-0.3, -0.25) is 9.63 Å². The molecule has 2 aromatic heterocycles. The molecule has 196 valence electrons. The number of benzene rings is 2. The van der Waals surface area contributed by atoms with E-state index in [1.54, 1.807) is 56.9 Å². The molecule has 1 unspecified atom stereocenters. The van der Waals surface area contributed by atoms with Gasteiger partial charge in [0.2, 0.25) is 5.75 Å². The molecule has 0 aliphatic carbocycles. The van der Waals surface area contributed by atoms with Gasteiger partial charge in [-0.05, 0) is 29.8 Å². The Kier molecular flexibility index (Phi) is 9.12. The summed E-state index contributed by atoms with van der Waals surface area (Å²) in [5.74, 6) is 1.50. The molecule has 4 rings (SSSR count). The van der Waals surface area contributed by atoms with E-state index in [9.17, 15) is 4.79 Å². The first-order valence-corrected chi connectivity index (χ1v) is 11.0. The number of halogens is 1. The van der Waals surface area contributed by atoms with Gasteiger partial charge in [0, 0.05) is 29.4 Å². The van der Waals surface area contributed by atoms with Crippen molar-refractivity contribution in [3.63, 3.8) is 0 Å². The minimum atomic E-state index is -0.834. The first kappa shape index (κ1) is 27.5. The van der Waals surface area contributed by atoms with Crippen LogP contribution in [0.5, 0.6) is 17.2 Å². The third kappa shape index (κ3) is 5.69. The highest BCUT2D eigenvalue weighted by molar-refractivity contribution is 5.96. The molecule has 37 heavy (non-hydrogen) atoms. The molecule has 3 N–H and O–H groups in total. The monoisotopic (exact) mass is 529 g/mol. The zero-order valence-electron chi connectivity index (χ0n) is 20.8. The summed E-state index contributed by atoms with van der Waals surface area (Å²) in [7, 11) is 6.03. The van der Waals surface area contributed by atoms with Crippen LogP contribution in [0.2, 0.25) is 0 Å². The molecular weight excluding hydrogens is 502 g/mol. The highest BCUT2D eigenvalue weighted by Gasteiger charge is 2.25. The number of rotatable bonds is 10. The van der Waals surface area contributed by atoms with Gasteiger partial charge >= 0.3 is 0 Å². The Labute approximate surface area is 219 Å². The summed E-state index contributed by atoms with van der Waals surface area (Å²) in [6, 6.07) is 9.93. The summed E-state index contributed by atoms with van der Waals surface area (Å²) < 4.78 is 22.0. The second-order valence-electron chi connectivity index (χ2n) is 7.74. The molecule has 0 aliphatic rings. The maximum absolute atomic E-state index is 13.1. The number of methoxy groups -OCH3 is 3. The fraction of sp³-hybridized carbons (Fsp3) is 0.240. The number of hydroxylamine groups is 1. The molecule has 0 saturated heterocycles. The third-order valence-electron chi connectivity index (χ3n) is 5.58.